The summed E-state index contributed by atoms with van der Waals surface area (Å²) >= 11 is 0. The van der Waals surface area contributed by atoms with Gasteiger partial charge in [0.2, 0.25) is 0 Å². The van der Waals surface area contributed by atoms with Crippen LogP contribution in [0, 0.1) is 0 Å². The van der Waals surface area contributed by atoms with Crippen molar-refractivity contribution in [3.8, 4) is 5.75 Å². The fraction of sp³-hybridized carbons (Fsp3) is 0.647. The highest BCUT2D eigenvalue weighted by Crippen LogP contribution is 2.33. The molecule has 1 fully saturated rings. The molecule has 0 saturated carbocycles. The minimum absolute atomic E-state index is 0.518. The molecule has 0 bridgehead atoms. The zero-order valence-electron chi connectivity index (χ0n) is 12.5. The highest BCUT2D eigenvalue weighted by Gasteiger charge is 2.22. The molecule has 20 heavy (non-hydrogen) atoms. The maximum Gasteiger partial charge on any atom is 0.119 e. The highest BCUT2D eigenvalue weighted by molar-refractivity contribution is 5.40. The normalized spacial score (nSPS) is 22.8. The number of hydrogen-bond donors (Lipinski definition) is 1. The zero-order chi connectivity index (χ0) is 13.8. The third-order valence-corrected chi connectivity index (χ3v) is 4.70. The maximum atomic E-state index is 5.35. The van der Waals surface area contributed by atoms with Gasteiger partial charge in [-0.05, 0) is 62.0 Å². The fourth-order valence-corrected chi connectivity index (χ4v) is 3.50. The van der Waals surface area contributed by atoms with Crippen LogP contribution in [-0.4, -0.2) is 38.2 Å². The largest absolute Gasteiger partial charge is 0.497 e. The molecule has 3 heteroatoms. The lowest BCUT2D eigenvalue weighted by Crippen LogP contribution is -2.36. The van der Waals surface area contributed by atoms with Crippen molar-refractivity contribution in [3.05, 3.63) is 29.3 Å². The van der Waals surface area contributed by atoms with E-state index in [0.29, 0.717) is 6.04 Å². The van der Waals surface area contributed by atoms with Gasteiger partial charge in [-0.15, -0.1) is 0 Å². The zero-order valence-corrected chi connectivity index (χ0v) is 12.5. The Hall–Kier alpha value is -1.06. The van der Waals surface area contributed by atoms with Gasteiger partial charge in [-0.2, -0.15) is 0 Å². The molecule has 1 unspecified atom stereocenters. The molecule has 1 heterocycles. The Morgan fingerprint density at radius 1 is 1.25 bits per heavy atom. The Bertz CT molecular complexity index is 441. The van der Waals surface area contributed by atoms with E-state index in [2.05, 4.69) is 28.4 Å². The lowest BCUT2D eigenvalue weighted by Gasteiger charge is -2.27. The van der Waals surface area contributed by atoms with Crippen LogP contribution in [0.15, 0.2) is 18.2 Å². The molecule has 3 rings (SSSR count). The molecule has 0 radical (unpaired) electrons. The predicted octanol–water partition coefficient (Wildman–Crippen LogP) is 2.76. The Kier molecular flexibility index (Phi) is 4.58. The van der Waals surface area contributed by atoms with Crippen molar-refractivity contribution in [1.29, 1.82) is 0 Å². The number of piperidine rings is 1. The number of hydrogen-bond acceptors (Lipinski definition) is 3. The lowest BCUT2D eigenvalue weighted by molar-refractivity contribution is 0.226. The van der Waals surface area contributed by atoms with Crippen molar-refractivity contribution < 1.29 is 4.74 Å². The van der Waals surface area contributed by atoms with E-state index in [1.54, 1.807) is 7.11 Å². The molecule has 1 aliphatic carbocycles. The number of aryl methyl sites for hydroxylation is 1. The Morgan fingerprint density at radius 3 is 2.90 bits per heavy atom. The van der Waals surface area contributed by atoms with E-state index in [-0.39, 0.29) is 0 Å². The fourth-order valence-electron chi connectivity index (χ4n) is 3.50. The minimum atomic E-state index is 0.518. The third kappa shape index (κ3) is 3.15. The average Bonchev–Trinajstić information content (AvgIpc) is 2.91. The Balaban J connectivity index is 1.52. The molecule has 1 aromatic carbocycles. The molecule has 1 saturated heterocycles. The number of benzene rings is 1. The lowest BCUT2D eigenvalue weighted by atomic mass is 10.1. The van der Waals surface area contributed by atoms with Gasteiger partial charge in [0.15, 0.2) is 0 Å². The van der Waals surface area contributed by atoms with E-state index in [4.69, 9.17) is 4.74 Å². The number of likely N-dealkylation sites (tertiary alicyclic amines) is 1. The van der Waals surface area contributed by atoms with Crippen molar-refractivity contribution in [2.45, 2.75) is 38.1 Å². The summed E-state index contributed by atoms with van der Waals surface area (Å²) in [6.07, 6.45) is 6.59. The van der Waals surface area contributed by atoms with Gasteiger partial charge in [-0.1, -0.05) is 12.5 Å². The van der Waals surface area contributed by atoms with Gasteiger partial charge < -0.3 is 15.0 Å². The summed E-state index contributed by atoms with van der Waals surface area (Å²) in [6, 6.07) is 7.03. The molecule has 1 aliphatic heterocycles. The van der Waals surface area contributed by atoms with Crippen LogP contribution in [0.4, 0.5) is 0 Å². The second kappa shape index (κ2) is 6.59. The van der Waals surface area contributed by atoms with Gasteiger partial charge in [0.1, 0.15) is 5.75 Å². The quantitative estimate of drug-likeness (QED) is 0.893. The molecular formula is C17H26N2O. The maximum absolute atomic E-state index is 5.35. The van der Waals surface area contributed by atoms with Gasteiger partial charge in [0.05, 0.1) is 7.11 Å². The molecule has 0 amide bonds. The molecule has 1 aromatic rings. The molecule has 1 atom stereocenters. The number of nitrogens with one attached hydrogen (secondary N) is 1. The summed E-state index contributed by atoms with van der Waals surface area (Å²) in [7, 11) is 1.75. The SMILES string of the molecule is COc1ccc2c(c1)C(NCCN1CCCCC1)CC2. The van der Waals surface area contributed by atoms with Crippen LogP contribution in [0.25, 0.3) is 0 Å². The minimum Gasteiger partial charge on any atom is -0.497 e. The second-order valence-corrected chi connectivity index (χ2v) is 6.01. The van der Waals surface area contributed by atoms with E-state index in [0.717, 1.165) is 12.3 Å². The number of methoxy groups -OCH3 is 1. The van der Waals surface area contributed by atoms with E-state index in [9.17, 15) is 0 Å². The van der Waals surface area contributed by atoms with Gasteiger partial charge >= 0.3 is 0 Å². The predicted molar refractivity (Wildman–Crippen MR) is 82.3 cm³/mol. The molecule has 1 N–H and O–H groups in total. The van der Waals surface area contributed by atoms with Gasteiger partial charge in [0, 0.05) is 19.1 Å². The van der Waals surface area contributed by atoms with Gasteiger partial charge in [-0.25, -0.2) is 0 Å². The first-order chi connectivity index (χ1) is 9.86. The van der Waals surface area contributed by atoms with Crippen molar-refractivity contribution in [1.82, 2.24) is 10.2 Å². The summed E-state index contributed by atoms with van der Waals surface area (Å²) in [4.78, 5) is 2.60. The van der Waals surface area contributed by atoms with Crippen molar-refractivity contribution >= 4 is 0 Å². The van der Waals surface area contributed by atoms with Crippen LogP contribution in [-0.2, 0) is 6.42 Å². The van der Waals surface area contributed by atoms with Crippen LogP contribution in [0.3, 0.4) is 0 Å². The van der Waals surface area contributed by atoms with E-state index >= 15 is 0 Å². The first-order valence-electron chi connectivity index (χ1n) is 7.99. The molecular weight excluding hydrogens is 248 g/mol. The van der Waals surface area contributed by atoms with E-state index in [1.165, 1.54) is 62.9 Å². The average molecular weight is 274 g/mol. The van der Waals surface area contributed by atoms with Crippen LogP contribution in [0.2, 0.25) is 0 Å². The number of rotatable bonds is 5. The summed E-state index contributed by atoms with van der Waals surface area (Å²) in [5.74, 6) is 0.980. The molecule has 110 valence electrons. The standard InChI is InChI=1S/C17H26N2O/c1-20-15-7-5-14-6-8-17(16(14)13-15)18-9-12-19-10-3-2-4-11-19/h5,7,13,17-18H,2-4,6,8-12H2,1H3. The summed E-state index contributed by atoms with van der Waals surface area (Å²) in [5, 5.41) is 3.74. The Morgan fingerprint density at radius 2 is 2.10 bits per heavy atom. The molecule has 0 aromatic heterocycles. The second-order valence-electron chi connectivity index (χ2n) is 6.01. The number of ether oxygens (including phenoxy) is 1. The van der Waals surface area contributed by atoms with Crippen LogP contribution < -0.4 is 10.1 Å². The van der Waals surface area contributed by atoms with Crippen LogP contribution >= 0.6 is 0 Å². The van der Waals surface area contributed by atoms with Crippen molar-refractivity contribution in [3.63, 3.8) is 0 Å². The van der Waals surface area contributed by atoms with E-state index < -0.39 is 0 Å². The summed E-state index contributed by atoms with van der Waals surface area (Å²) < 4.78 is 5.35. The summed E-state index contributed by atoms with van der Waals surface area (Å²) in [6.45, 7) is 4.87. The first-order valence-corrected chi connectivity index (χ1v) is 7.99. The third-order valence-electron chi connectivity index (χ3n) is 4.70. The van der Waals surface area contributed by atoms with Crippen LogP contribution in [0.1, 0.15) is 42.9 Å². The molecule has 0 spiro atoms. The van der Waals surface area contributed by atoms with Gasteiger partial charge in [0.25, 0.3) is 0 Å². The summed E-state index contributed by atoms with van der Waals surface area (Å²) in [5.41, 5.74) is 2.93. The first kappa shape index (κ1) is 13.9. The number of nitrogens with zero attached hydrogens (tertiary/aromatic N) is 1. The topological polar surface area (TPSA) is 24.5 Å². The monoisotopic (exact) mass is 274 g/mol. The molecule has 2 aliphatic rings. The van der Waals surface area contributed by atoms with Gasteiger partial charge in [-0.3, -0.25) is 0 Å². The Labute approximate surface area is 122 Å². The van der Waals surface area contributed by atoms with Crippen molar-refractivity contribution in [2.75, 3.05) is 33.3 Å². The highest BCUT2D eigenvalue weighted by atomic mass is 16.5. The number of fused-ring (bicyclic) bond motifs is 1. The molecule has 3 nitrogen and oxygen atoms in total. The van der Waals surface area contributed by atoms with E-state index in [1.807, 2.05) is 0 Å². The smallest absolute Gasteiger partial charge is 0.119 e. The van der Waals surface area contributed by atoms with Crippen molar-refractivity contribution in [2.24, 2.45) is 0 Å². The van der Waals surface area contributed by atoms with Crippen LogP contribution in [0.5, 0.6) is 5.75 Å².